The van der Waals surface area contributed by atoms with Crippen LogP contribution in [-0.4, -0.2) is 52.4 Å². The molecule has 0 aliphatic rings. The second-order valence-electron chi connectivity index (χ2n) is 8.47. The summed E-state index contributed by atoms with van der Waals surface area (Å²) in [5, 5.41) is 8.02. The lowest BCUT2D eigenvalue weighted by Gasteiger charge is -2.11. The summed E-state index contributed by atoms with van der Waals surface area (Å²) in [6.45, 7) is 0. The number of amides is 2. The Bertz CT molecular complexity index is 871. The molecule has 8 heteroatoms. The molecule has 0 saturated heterocycles. The van der Waals surface area contributed by atoms with E-state index in [1.165, 1.54) is 0 Å². The number of nitrogens with one attached hydrogen (secondary N) is 2. The van der Waals surface area contributed by atoms with Crippen LogP contribution >= 0.6 is 0 Å². The van der Waals surface area contributed by atoms with Gasteiger partial charge in [0.1, 0.15) is 0 Å². The Hall–Kier alpha value is -3.68. The number of rotatable bonds is 13. The molecule has 2 aromatic carbocycles. The van der Waals surface area contributed by atoms with E-state index >= 15 is 0 Å². The average molecular weight is 465 g/mol. The van der Waals surface area contributed by atoms with Gasteiger partial charge in [0.25, 0.3) is 0 Å². The first-order valence-electron chi connectivity index (χ1n) is 11.5. The van der Waals surface area contributed by atoms with Gasteiger partial charge in [-0.15, -0.1) is 0 Å². The minimum atomic E-state index is -0.105. The fourth-order valence-corrected chi connectivity index (χ4v) is 3.11. The molecular formula is C26H36N6O2. The SMILES string of the molecule is CN(C)c1ccc(/C=N/NC(=O)CCCCCCC(=O)N/N=C/c2ccc(N(C)C)cc2)cc1. The Labute approximate surface area is 202 Å². The fourth-order valence-electron chi connectivity index (χ4n) is 3.11. The van der Waals surface area contributed by atoms with Crippen LogP contribution in [0.1, 0.15) is 49.7 Å². The van der Waals surface area contributed by atoms with Crippen molar-refractivity contribution in [3.8, 4) is 0 Å². The maximum atomic E-state index is 11.9. The van der Waals surface area contributed by atoms with E-state index in [1.54, 1.807) is 12.4 Å². The van der Waals surface area contributed by atoms with Crippen LogP contribution in [0.5, 0.6) is 0 Å². The molecule has 182 valence electrons. The molecule has 2 amide bonds. The van der Waals surface area contributed by atoms with Crippen LogP contribution in [-0.2, 0) is 9.59 Å². The van der Waals surface area contributed by atoms with Crippen molar-refractivity contribution in [3.63, 3.8) is 0 Å². The number of hydrogen-bond acceptors (Lipinski definition) is 6. The van der Waals surface area contributed by atoms with Crippen LogP contribution in [0.3, 0.4) is 0 Å². The average Bonchev–Trinajstić information content (AvgIpc) is 2.82. The van der Waals surface area contributed by atoms with E-state index in [9.17, 15) is 9.59 Å². The summed E-state index contributed by atoms with van der Waals surface area (Å²) in [6, 6.07) is 15.8. The quantitative estimate of drug-likeness (QED) is 0.268. The van der Waals surface area contributed by atoms with Crippen LogP contribution in [0.2, 0.25) is 0 Å². The zero-order valence-electron chi connectivity index (χ0n) is 20.6. The van der Waals surface area contributed by atoms with Gasteiger partial charge in [0, 0.05) is 52.4 Å². The molecule has 2 aromatic rings. The van der Waals surface area contributed by atoms with Gasteiger partial charge in [0.2, 0.25) is 11.8 Å². The molecule has 0 bridgehead atoms. The molecule has 34 heavy (non-hydrogen) atoms. The van der Waals surface area contributed by atoms with Crippen LogP contribution < -0.4 is 20.7 Å². The first-order valence-corrected chi connectivity index (χ1v) is 11.5. The Morgan fingerprint density at radius 1 is 0.647 bits per heavy atom. The summed E-state index contributed by atoms with van der Waals surface area (Å²) in [5.74, 6) is -0.210. The number of hydrogen-bond donors (Lipinski definition) is 2. The molecule has 2 rings (SSSR count). The van der Waals surface area contributed by atoms with E-state index in [1.807, 2.05) is 86.5 Å². The van der Waals surface area contributed by atoms with E-state index in [4.69, 9.17) is 0 Å². The molecule has 0 aliphatic carbocycles. The predicted octanol–water partition coefficient (Wildman–Crippen LogP) is 3.76. The van der Waals surface area contributed by atoms with Crippen LogP contribution in [0.25, 0.3) is 0 Å². The van der Waals surface area contributed by atoms with E-state index in [2.05, 4.69) is 21.1 Å². The molecule has 0 aromatic heterocycles. The number of carbonyl (C=O) groups excluding carboxylic acids is 2. The van der Waals surface area contributed by atoms with Crippen LogP contribution in [0.4, 0.5) is 11.4 Å². The molecule has 0 fully saturated rings. The van der Waals surface area contributed by atoms with Gasteiger partial charge in [-0.05, 0) is 48.2 Å². The number of benzene rings is 2. The number of hydrazone groups is 2. The van der Waals surface area contributed by atoms with Crippen LogP contribution in [0.15, 0.2) is 58.7 Å². The van der Waals surface area contributed by atoms with Crippen molar-refractivity contribution in [2.75, 3.05) is 38.0 Å². The molecule has 0 aliphatic heterocycles. The number of anilines is 2. The second kappa shape index (κ2) is 14.5. The predicted molar refractivity (Wildman–Crippen MR) is 141 cm³/mol. The molecule has 8 nitrogen and oxygen atoms in total. The largest absolute Gasteiger partial charge is 0.378 e. The van der Waals surface area contributed by atoms with Crippen molar-refractivity contribution in [1.82, 2.24) is 10.9 Å². The normalized spacial score (nSPS) is 11.1. The fraction of sp³-hybridized carbons (Fsp3) is 0.385. The first kappa shape index (κ1) is 26.6. The topological polar surface area (TPSA) is 89.4 Å². The summed E-state index contributed by atoms with van der Waals surface area (Å²) in [7, 11) is 7.95. The lowest BCUT2D eigenvalue weighted by Crippen LogP contribution is -2.17. The van der Waals surface area contributed by atoms with Crippen molar-refractivity contribution >= 4 is 35.6 Å². The highest BCUT2D eigenvalue weighted by molar-refractivity contribution is 5.83. The zero-order chi connectivity index (χ0) is 24.8. The summed E-state index contributed by atoms with van der Waals surface area (Å²) in [6.07, 6.45) is 7.41. The van der Waals surface area contributed by atoms with E-state index < -0.39 is 0 Å². The van der Waals surface area contributed by atoms with Gasteiger partial charge in [-0.2, -0.15) is 10.2 Å². The monoisotopic (exact) mass is 464 g/mol. The summed E-state index contributed by atoms with van der Waals surface area (Å²) in [4.78, 5) is 27.8. The van der Waals surface area contributed by atoms with Crippen molar-refractivity contribution in [1.29, 1.82) is 0 Å². The lowest BCUT2D eigenvalue weighted by atomic mass is 10.1. The third-order valence-corrected chi connectivity index (χ3v) is 5.18. The molecule has 0 atom stereocenters. The third-order valence-electron chi connectivity index (χ3n) is 5.18. The Morgan fingerprint density at radius 3 is 1.32 bits per heavy atom. The molecule has 0 spiro atoms. The highest BCUT2D eigenvalue weighted by Crippen LogP contribution is 2.12. The van der Waals surface area contributed by atoms with Gasteiger partial charge in [-0.1, -0.05) is 37.1 Å². The van der Waals surface area contributed by atoms with Gasteiger partial charge in [-0.25, -0.2) is 10.9 Å². The molecule has 0 heterocycles. The highest BCUT2D eigenvalue weighted by atomic mass is 16.2. The molecule has 2 N–H and O–H groups in total. The van der Waals surface area contributed by atoms with Gasteiger partial charge < -0.3 is 9.80 Å². The van der Waals surface area contributed by atoms with E-state index in [-0.39, 0.29) is 11.8 Å². The van der Waals surface area contributed by atoms with Crippen LogP contribution in [0, 0.1) is 0 Å². The van der Waals surface area contributed by atoms with Gasteiger partial charge >= 0.3 is 0 Å². The summed E-state index contributed by atoms with van der Waals surface area (Å²) >= 11 is 0. The van der Waals surface area contributed by atoms with Crippen molar-refractivity contribution in [2.24, 2.45) is 10.2 Å². The number of carbonyl (C=O) groups is 2. The third kappa shape index (κ3) is 10.3. The minimum absolute atomic E-state index is 0.105. The van der Waals surface area contributed by atoms with Gasteiger partial charge in [-0.3, -0.25) is 9.59 Å². The molecule has 0 unspecified atom stereocenters. The van der Waals surface area contributed by atoms with E-state index in [0.717, 1.165) is 48.2 Å². The highest BCUT2D eigenvalue weighted by Gasteiger charge is 2.02. The summed E-state index contributed by atoms with van der Waals surface area (Å²) < 4.78 is 0. The molecular weight excluding hydrogens is 428 g/mol. The van der Waals surface area contributed by atoms with E-state index in [0.29, 0.717) is 12.8 Å². The minimum Gasteiger partial charge on any atom is -0.378 e. The molecule has 0 saturated carbocycles. The zero-order valence-corrected chi connectivity index (χ0v) is 20.6. The number of nitrogens with zero attached hydrogens (tertiary/aromatic N) is 4. The van der Waals surface area contributed by atoms with Crippen molar-refractivity contribution in [3.05, 3.63) is 59.7 Å². The summed E-state index contributed by atoms with van der Waals surface area (Å²) in [5.41, 5.74) is 9.19. The molecule has 0 radical (unpaired) electrons. The maximum Gasteiger partial charge on any atom is 0.240 e. The van der Waals surface area contributed by atoms with Crippen molar-refractivity contribution < 1.29 is 9.59 Å². The lowest BCUT2D eigenvalue weighted by molar-refractivity contribution is -0.122. The first-order chi connectivity index (χ1) is 16.3. The Balaban J connectivity index is 1.52. The van der Waals surface area contributed by atoms with Gasteiger partial charge in [0.15, 0.2) is 0 Å². The smallest absolute Gasteiger partial charge is 0.240 e. The Kier molecular flexibility index (Phi) is 11.3. The second-order valence-corrected chi connectivity index (χ2v) is 8.47. The van der Waals surface area contributed by atoms with Crippen molar-refractivity contribution in [2.45, 2.75) is 38.5 Å². The van der Waals surface area contributed by atoms with Gasteiger partial charge in [0.05, 0.1) is 12.4 Å². The number of unbranched alkanes of at least 4 members (excludes halogenated alkanes) is 3. The maximum absolute atomic E-state index is 11.9. The Morgan fingerprint density at radius 2 is 1.00 bits per heavy atom. The standard InChI is InChI=1S/C26H36N6O2/c1-31(2)23-15-11-21(12-16-23)19-27-29-25(33)9-7-5-6-8-10-26(34)30-28-20-22-13-17-24(18-14-22)32(3)4/h11-20H,5-10H2,1-4H3,(H,29,33)(H,30,34)/b27-19+,28-20+.